The summed E-state index contributed by atoms with van der Waals surface area (Å²) in [6, 6.07) is 17.1. The standard InChI is InChI=1S/C20H24ClN3S/c1-15-7-8-18(13-19(15)21)23-20(25)22-17-9-11-24(12-10-17)14-16-5-3-2-4-6-16/h2-8,13,17H,9-12,14H2,1H3,(H2,22,23,25)/p+1. The van der Waals surface area contributed by atoms with Gasteiger partial charge in [0.15, 0.2) is 5.11 Å². The molecule has 3 N–H and O–H groups in total. The van der Waals surface area contributed by atoms with Gasteiger partial charge in [0.25, 0.3) is 0 Å². The molecule has 0 aliphatic carbocycles. The van der Waals surface area contributed by atoms with E-state index in [1.807, 2.05) is 25.1 Å². The van der Waals surface area contributed by atoms with Crippen LogP contribution in [0.15, 0.2) is 48.5 Å². The molecule has 0 aromatic heterocycles. The molecule has 1 heterocycles. The average molecular weight is 375 g/mol. The van der Waals surface area contributed by atoms with Crippen molar-refractivity contribution < 1.29 is 4.90 Å². The smallest absolute Gasteiger partial charge is 0.171 e. The van der Waals surface area contributed by atoms with Gasteiger partial charge in [-0.05, 0) is 36.8 Å². The fourth-order valence-electron chi connectivity index (χ4n) is 3.25. The fourth-order valence-corrected chi connectivity index (χ4v) is 3.72. The third kappa shape index (κ3) is 5.43. The zero-order valence-corrected chi connectivity index (χ0v) is 16.1. The van der Waals surface area contributed by atoms with Crippen molar-refractivity contribution >= 4 is 34.6 Å². The molecule has 0 atom stereocenters. The second-order valence-electron chi connectivity index (χ2n) is 6.75. The molecule has 0 spiro atoms. The summed E-state index contributed by atoms with van der Waals surface area (Å²) in [5.74, 6) is 0. The highest BCUT2D eigenvalue weighted by Gasteiger charge is 2.22. The maximum atomic E-state index is 6.17. The van der Waals surface area contributed by atoms with Crippen molar-refractivity contribution in [2.75, 3.05) is 18.4 Å². The number of nitrogens with one attached hydrogen (secondary N) is 3. The normalized spacial score (nSPS) is 20.1. The van der Waals surface area contributed by atoms with Gasteiger partial charge in [-0.1, -0.05) is 48.0 Å². The van der Waals surface area contributed by atoms with Crippen molar-refractivity contribution in [2.24, 2.45) is 0 Å². The van der Waals surface area contributed by atoms with Crippen LogP contribution < -0.4 is 15.5 Å². The highest BCUT2D eigenvalue weighted by atomic mass is 35.5. The van der Waals surface area contributed by atoms with E-state index in [1.165, 1.54) is 18.7 Å². The predicted octanol–water partition coefficient (Wildman–Crippen LogP) is 3.18. The molecule has 5 heteroatoms. The maximum absolute atomic E-state index is 6.17. The summed E-state index contributed by atoms with van der Waals surface area (Å²) in [7, 11) is 0. The second-order valence-corrected chi connectivity index (χ2v) is 7.56. The number of hydrogen-bond acceptors (Lipinski definition) is 1. The van der Waals surface area contributed by atoms with Crippen LogP contribution in [0.4, 0.5) is 5.69 Å². The first kappa shape index (κ1) is 18.2. The minimum absolute atomic E-state index is 0.445. The number of anilines is 1. The first-order valence-electron chi connectivity index (χ1n) is 8.81. The van der Waals surface area contributed by atoms with Gasteiger partial charge in [0.2, 0.25) is 0 Å². The Morgan fingerprint density at radius 1 is 1.16 bits per heavy atom. The highest BCUT2D eigenvalue weighted by molar-refractivity contribution is 7.80. The second kappa shape index (κ2) is 8.65. The number of halogens is 1. The van der Waals surface area contributed by atoms with E-state index in [2.05, 4.69) is 41.0 Å². The lowest BCUT2D eigenvalue weighted by Gasteiger charge is -2.30. The van der Waals surface area contributed by atoms with Crippen LogP contribution in [-0.4, -0.2) is 24.2 Å². The lowest BCUT2D eigenvalue weighted by molar-refractivity contribution is -0.918. The van der Waals surface area contributed by atoms with Crippen LogP contribution in [0.1, 0.15) is 24.0 Å². The number of piperidine rings is 1. The minimum Gasteiger partial charge on any atom is -0.359 e. The molecule has 1 saturated heterocycles. The Hall–Kier alpha value is -1.62. The van der Waals surface area contributed by atoms with Gasteiger partial charge in [-0.3, -0.25) is 0 Å². The highest BCUT2D eigenvalue weighted by Crippen LogP contribution is 2.19. The molecule has 0 saturated carbocycles. The van der Waals surface area contributed by atoms with E-state index in [9.17, 15) is 0 Å². The lowest BCUT2D eigenvalue weighted by Crippen LogP contribution is -3.12. The van der Waals surface area contributed by atoms with Crippen LogP contribution in [0.25, 0.3) is 0 Å². The average Bonchev–Trinajstić information content (AvgIpc) is 2.61. The largest absolute Gasteiger partial charge is 0.359 e. The van der Waals surface area contributed by atoms with Gasteiger partial charge < -0.3 is 15.5 Å². The van der Waals surface area contributed by atoms with Crippen molar-refractivity contribution in [2.45, 2.75) is 32.4 Å². The number of aryl methyl sites for hydroxylation is 1. The maximum Gasteiger partial charge on any atom is 0.171 e. The van der Waals surface area contributed by atoms with Crippen LogP contribution in [0, 0.1) is 6.92 Å². The summed E-state index contributed by atoms with van der Waals surface area (Å²) >= 11 is 11.6. The number of quaternary nitrogens is 1. The monoisotopic (exact) mass is 374 g/mol. The van der Waals surface area contributed by atoms with Crippen molar-refractivity contribution in [3.8, 4) is 0 Å². The van der Waals surface area contributed by atoms with E-state index in [-0.39, 0.29) is 0 Å². The summed E-state index contributed by atoms with van der Waals surface area (Å²) < 4.78 is 0. The number of hydrogen-bond donors (Lipinski definition) is 3. The molecule has 25 heavy (non-hydrogen) atoms. The summed E-state index contributed by atoms with van der Waals surface area (Å²) in [6.07, 6.45) is 2.28. The molecule has 0 radical (unpaired) electrons. The molecule has 0 bridgehead atoms. The molecule has 132 valence electrons. The Morgan fingerprint density at radius 2 is 1.88 bits per heavy atom. The van der Waals surface area contributed by atoms with Crippen LogP contribution >= 0.6 is 23.8 Å². The Kier molecular flexibility index (Phi) is 6.29. The predicted molar refractivity (Wildman–Crippen MR) is 109 cm³/mol. The molecule has 2 aromatic rings. The summed E-state index contributed by atoms with van der Waals surface area (Å²) in [4.78, 5) is 1.65. The topological polar surface area (TPSA) is 28.5 Å². The number of benzene rings is 2. The molecular formula is C20H25ClN3S+. The van der Waals surface area contributed by atoms with Crippen LogP contribution in [0.2, 0.25) is 5.02 Å². The zero-order chi connectivity index (χ0) is 17.6. The van der Waals surface area contributed by atoms with Gasteiger partial charge >= 0.3 is 0 Å². The molecule has 0 amide bonds. The minimum atomic E-state index is 0.445. The summed E-state index contributed by atoms with van der Waals surface area (Å²) in [6.45, 7) is 5.45. The van der Waals surface area contributed by atoms with Gasteiger partial charge in [-0.2, -0.15) is 0 Å². The first-order valence-corrected chi connectivity index (χ1v) is 9.60. The quantitative estimate of drug-likeness (QED) is 0.718. The van der Waals surface area contributed by atoms with Crippen molar-refractivity contribution in [3.63, 3.8) is 0 Å². The Bertz CT molecular complexity index is 712. The molecule has 2 aromatic carbocycles. The first-order chi connectivity index (χ1) is 12.1. The molecule has 3 nitrogen and oxygen atoms in total. The molecule has 1 fully saturated rings. The van der Waals surface area contributed by atoms with Crippen molar-refractivity contribution in [1.82, 2.24) is 5.32 Å². The van der Waals surface area contributed by atoms with Crippen LogP contribution in [0.3, 0.4) is 0 Å². The lowest BCUT2D eigenvalue weighted by atomic mass is 10.0. The summed E-state index contributed by atoms with van der Waals surface area (Å²) in [5.41, 5.74) is 3.41. The molecule has 1 aliphatic heterocycles. The number of thiocarbonyl (C=S) groups is 1. The van der Waals surface area contributed by atoms with E-state index in [4.69, 9.17) is 23.8 Å². The van der Waals surface area contributed by atoms with E-state index in [0.29, 0.717) is 11.2 Å². The van der Waals surface area contributed by atoms with Crippen molar-refractivity contribution in [1.29, 1.82) is 0 Å². The third-order valence-corrected chi connectivity index (χ3v) is 5.38. The number of rotatable bonds is 4. The van der Waals surface area contributed by atoms with Gasteiger partial charge in [0.1, 0.15) is 6.54 Å². The molecule has 1 aliphatic rings. The van der Waals surface area contributed by atoms with Crippen LogP contribution in [0.5, 0.6) is 0 Å². The van der Waals surface area contributed by atoms with E-state index < -0.39 is 0 Å². The van der Waals surface area contributed by atoms with Gasteiger partial charge in [-0.15, -0.1) is 0 Å². The Morgan fingerprint density at radius 3 is 2.56 bits per heavy atom. The Labute approximate surface area is 160 Å². The Balaban J connectivity index is 1.43. The van der Waals surface area contributed by atoms with E-state index in [0.717, 1.165) is 35.7 Å². The number of likely N-dealkylation sites (tertiary alicyclic amines) is 1. The van der Waals surface area contributed by atoms with Gasteiger partial charge in [0, 0.05) is 35.2 Å². The van der Waals surface area contributed by atoms with Crippen molar-refractivity contribution in [3.05, 3.63) is 64.7 Å². The van der Waals surface area contributed by atoms with Gasteiger partial charge in [0.05, 0.1) is 13.1 Å². The zero-order valence-electron chi connectivity index (χ0n) is 14.5. The van der Waals surface area contributed by atoms with Gasteiger partial charge in [-0.25, -0.2) is 0 Å². The summed E-state index contributed by atoms with van der Waals surface area (Å²) in [5, 5.41) is 8.12. The molecular weight excluding hydrogens is 350 g/mol. The molecule has 0 unspecified atom stereocenters. The third-order valence-electron chi connectivity index (χ3n) is 4.75. The molecule has 3 rings (SSSR count). The fraction of sp³-hybridized carbons (Fsp3) is 0.350. The SMILES string of the molecule is Cc1ccc(NC(=S)NC2CC[NH+](Cc3ccccc3)CC2)cc1Cl. The van der Waals surface area contributed by atoms with E-state index in [1.54, 1.807) is 4.90 Å². The van der Waals surface area contributed by atoms with Crippen LogP contribution in [-0.2, 0) is 6.54 Å². The van der Waals surface area contributed by atoms with E-state index >= 15 is 0 Å².